The lowest BCUT2D eigenvalue weighted by Gasteiger charge is -2.26. The molecule has 1 heterocycles. The zero-order valence-electron chi connectivity index (χ0n) is 12.3. The molecule has 0 spiro atoms. The van der Waals surface area contributed by atoms with Crippen LogP contribution in [0.2, 0.25) is 0 Å². The zero-order valence-corrected chi connectivity index (χ0v) is 12.3. The molecule has 2 unspecified atom stereocenters. The van der Waals surface area contributed by atoms with E-state index >= 15 is 0 Å². The third-order valence-corrected chi connectivity index (χ3v) is 4.10. The average molecular weight is 276 g/mol. The number of hydrogen-bond acceptors (Lipinski definition) is 1. The summed E-state index contributed by atoms with van der Waals surface area (Å²) in [6.07, 6.45) is 6.84. The molecule has 2 heteroatoms. The first-order chi connectivity index (χ1) is 10.3. The second-order valence-electron chi connectivity index (χ2n) is 5.46. The lowest BCUT2D eigenvalue weighted by Crippen LogP contribution is -2.16. The van der Waals surface area contributed by atoms with Gasteiger partial charge in [0.1, 0.15) is 0 Å². The topological polar surface area (TPSA) is 17.8 Å². The lowest BCUT2D eigenvalue weighted by atomic mass is 9.86. The van der Waals surface area contributed by atoms with Crippen LogP contribution in [-0.2, 0) is 6.42 Å². The van der Waals surface area contributed by atoms with Crippen LogP contribution < -0.4 is 0 Å². The van der Waals surface area contributed by atoms with E-state index in [1.54, 1.807) is 0 Å². The molecule has 0 aliphatic carbocycles. The van der Waals surface area contributed by atoms with Gasteiger partial charge in [-0.15, -0.1) is 0 Å². The molecule has 0 radical (unpaired) electrons. The second-order valence-corrected chi connectivity index (χ2v) is 5.46. The van der Waals surface area contributed by atoms with Crippen molar-refractivity contribution in [3.8, 4) is 0 Å². The molecule has 0 aliphatic heterocycles. The van der Waals surface area contributed by atoms with Crippen molar-refractivity contribution in [3.05, 3.63) is 90.5 Å². The van der Waals surface area contributed by atoms with E-state index in [4.69, 9.17) is 0 Å². The second kappa shape index (κ2) is 6.40. The molecular formula is C19H20N2. The van der Waals surface area contributed by atoms with Crippen LogP contribution in [0.5, 0.6) is 0 Å². The molecule has 21 heavy (non-hydrogen) atoms. The van der Waals surface area contributed by atoms with Gasteiger partial charge in [0.25, 0.3) is 0 Å². The van der Waals surface area contributed by atoms with Gasteiger partial charge in [-0.2, -0.15) is 0 Å². The molecule has 3 rings (SSSR count). The van der Waals surface area contributed by atoms with Crippen LogP contribution in [0.4, 0.5) is 0 Å². The number of aromatic nitrogens is 2. The van der Waals surface area contributed by atoms with E-state index in [1.165, 1.54) is 11.1 Å². The molecule has 0 bridgehead atoms. The first-order valence-electron chi connectivity index (χ1n) is 7.41. The zero-order chi connectivity index (χ0) is 14.5. The molecule has 0 amide bonds. The van der Waals surface area contributed by atoms with Crippen LogP contribution in [0, 0.1) is 0 Å². The fourth-order valence-electron chi connectivity index (χ4n) is 2.85. The van der Waals surface area contributed by atoms with E-state index < -0.39 is 0 Å². The molecule has 2 nitrogen and oxygen atoms in total. The molecule has 2 aromatic carbocycles. The molecule has 3 aromatic rings. The fourth-order valence-corrected chi connectivity index (χ4v) is 2.85. The molecule has 0 saturated heterocycles. The van der Waals surface area contributed by atoms with Crippen molar-refractivity contribution < 1.29 is 0 Å². The van der Waals surface area contributed by atoms with Gasteiger partial charge in [-0.05, 0) is 24.5 Å². The first kappa shape index (κ1) is 13.6. The maximum Gasteiger partial charge on any atom is 0.0948 e. The van der Waals surface area contributed by atoms with Gasteiger partial charge in [0.05, 0.1) is 6.33 Å². The van der Waals surface area contributed by atoms with Crippen molar-refractivity contribution in [2.45, 2.75) is 25.3 Å². The minimum absolute atomic E-state index is 0.370. The van der Waals surface area contributed by atoms with Crippen LogP contribution in [0.25, 0.3) is 0 Å². The molecule has 1 aromatic heterocycles. The Hall–Kier alpha value is -2.35. The summed E-state index contributed by atoms with van der Waals surface area (Å²) in [4.78, 5) is 4.19. The van der Waals surface area contributed by atoms with E-state index in [2.05, 4.69) is 77.1 Å². The van der Waals surface area contributed by atoms with Crippen LogP contribution in [-0.4, -0.2) is 9.55 Å². The van der Waals surface area contributed by atoms with Crippen LogP contribution in [0.1, 0.15) is 30.0 Å². The number of benzene rings is 2. The maximum absolute atomic E-state index is 4.19. The summed E-state index contributed by atoms with van der Waals surface area (Å²) in [6, 6.07) is 21.8. The van der Waals surface area contributed by atoms with Gasteiger partial charge in [-0.3, -0.25) is 0 Å². The molecule has 106 valence electrons. The van der Waals surface area contributed by atoms with Gasteiger partial charge in [0.2, 0.25) is 0 Å². The summed E-state index contributed by atoms with van der Waals surface area (Å²) in [5.41, 5.74) is 2.75. The van der Waals surface area contributed by atoms with Crippen molar-refractivity contribution in [1.82, 2.24) is 9.55 Å². The fraction of sp³-hybridized carbons (Fsp3) is 0.211. The third kappa shape index (κ3) is 3.22. The summed E-state index contributed by atoms with van der Waals surface area (Å²) < 4.78 is 2.20. The van der Waals surface area contributed by atoms with E-state index in [1.807, 2.05) is 18.7 Å². The summed E-state index contributed by atoms with van der Waals surface area (Å²) in [6.45, 7) is 2.27. The highest BCUT2D eigenvalue weighted by molar-refractivity contribution is 5.25. The Bertz CT molecular complexity index is 645. The Morgan fingerprint density at radius 1 is 0.952 bits per heavy atom. The Morgan fingerprint density at radius 3 is 2.24 bits per heavy atom. The van der Waals surface area contributed by atoms with Crippen molar-refractivity contribution in [2.75, 3.05) is 0 Å². The smallest absolute Gasteiger partial charge is 0.0948 e. The summed E-state index contributed by atoms with van der Waals surface area (Å²) in [5.74, 6) is 0.433. The van der Waals surface area contributed by atoms with Gasteiger partial charge in [0.15, 0.2) is 0 Å². The van der Waals surface area contributed by atoms with E-state index in [9.17, 15) is 0 Å². The quantitative estimate of drug-likeness (QED) is 0.672. The molecular weight excluding hydrogens is 256 g/mol. The number of hydrogen-bond donors (Lipinski definition) is 0. The molecule has 0 N–H and O–H groups in total. The van der Waals surface area contributed by atoms with E-state index in [0.717, 1.165) is 6.42 Å². The van der Waals surface area contributed by atoms with Crippen molar-refractivity contribution in [3.63, 3.8) is 0 Å². The predicted octanol–water partition coefficient (Wildman–Crippen LogP) is 4.47. The highest BCUT2D eigenvalue weighted by Gasteiger charge is 2.20. The molecule has 2 atom stereocenters. The third-order valence-electron chi connectivity index (χ3n) is 4.10. The van der Waals surface area contributed by atoms with Crippen LogP contribution >= 0.6 is 0 Å². The highest BCUT2D eigenvalue weighted by atomic mass is 15.0. The van der Waals surface area contributed by atoms with Gasteiger partial charge in [0, 0.05) is 24.4 Å². The minimum Gasteiger partial charge on any atom is -0.334 e. The summed E-state index contributed by atoms with van der Waals surface area (Å²) in [5, 5.41) is 0. The Labute approximate surface area is 126 Å². The van der Waals surface area contributed by atoms with E-state index in [0.29, 0.717) is 12.0 Å². The predicted molar refractivity (Wildman–Crippen MR) is 86.3 cm³/mol. The van der Waals surface area contributed by atoms with Gasteiger partial charge < -0.3 is 4.57 Å². The van der Waals surface area contributed by atoms with Crippen molar-refractivity contribution >= 4 is 0 Å². The van der Waals surface area contributed by atoms with Crippen molar-refractivity contribution in [1.29, 1.82) is 0 Å². The van der Waals surface area contributed by atoms with Crippen LogP contribution in [0.15, 0.2) is 79.4 Å². The Morgan fingerprint density at radius 2 is 1.62 bits per heavy atom. The van der Waals surface area contributed by atoms with Crippen LogP contribution in [0.3, 0.4) is 0 Å². The SMILES string of the molecule is CC(C(Cc1ccccc1)c1ccccc1)n1ccnc1. The number of rotatable bonds is 5. The van der Waals surface area contributed by atoms with Crippen molar-refractivity contribution in [2.24, 2.45) is 0 Å². The monoisotopic (exact) mass is 276 g/mol. The Kier molecular flexibility index (Phi) is 4.15. The maximum atomic E-state index is 4.19. The Balaban J connectivity index is 1.91. The summed E-state index contributed by atoms with van der Waals surface area (Å²) in [7, 11) is 0. The minimum atomic E-state index is 0.370. The molecule has 0 saturated carbocycles. The molecule has 0 fully saturated rings. The van der Waals surface area contributed by atoms with Gasteiger partial charge in [-0.1, -0.05) is 60.7 Å². The largest absolute Gasteiger partial charge is 0.334 e. The highest BCUT2D eigenvalue weighted by Crippen LogP contribution is 2.31. The van der Waals surface area contributed by atoms with Gasteiger partial charge in [-0.25, -0.2) is 4.98 Å². The summed E-state index contributed by atoms with van der Waals surface area (Å²) >= 11 is 0. The standard InChI is InChI=1S/C19H20N2/c1-16(21-13-12-20-15-21)19(18-10-6-3-7-11-18)14-17-8-4-2-5-9-17/h2-13,15-16,19H,14H2,1H3. The van der Waals surface area contributed by atoms with E-state index in [-0.39, 0.29) is 0 Å². The lowest BCUT2D eigenvalue weighted by molar-refractivity contribution is 0.440. The number of nitrogens with zero attached hydrogens (tertiary/aromatic N) is 2. The molecule has 0 aliphatic rings. The average Bonchev–Trinajstić information content (AvgIpc) is 3.08. The normalized spacial score (nSPS) is 13.8. The van der Waals surface area contributed by atoms with Gasteiger partial charge >= 0.3 is 0 Å². The number of imidazole rings is 1. The first-order valence-corrected chi connectivity index (χ1v) is 7.41.